The fraction of sp³-hybridized carbons (Fsp3) is 0.333. The molecule has 196 valence electrons. The van der Waals surface area contributed by atoms with E-state index < -0.39 is 35.4 Å². The maximum absolute atomic E-state index is 14.2. The lowest BCUT2D eigenvalue weighted by molar-refractivity contribution is -0.186. The van der Waals surface area contributed by atoms with E-state index in [1.807, 2.05) is 0 Å². The largest absolute Gasteiger partial charge is 0.394 e. The third-order valence-corrected chi connectivity index (χ3v) is 8.50. The molecule has 1 amide bonds. The summed E-state index contributed by atoms with van der Waals surface area (Å²) in [6.07, 6.45) is 2.80. The molecule has 1 N–H and O–H groups in total. The van der Waals surface area contributed by atoms with E-state index in [2.05, 4.69) is 23.4 Å². The Morgan fingerprint density at radius 1 is 1.11 bits per heavy atom. The molecule has 1 aromatic heterocycles. The van der Waals surface area contributed by atoms with E-state index >= 15 is 0 Å². The molecule has 0 radical (unpaired) electrons. The minimum absolute atomic E-state index is 0.167. The van der Waals surface area contributed by atoms with Crippen LogP contribution in [0.1, 0.15) is 47.8 Å². The molecule has 1 heterocycles. The molecule has 4 nitrogen and oxygen atoms in total. The van der Waals surface area contributed by atoms with Crippen LogP contribution in [-0.4, -0.2) is 27.9 Å². The fourth-order valence-corrected chi connectivity index (χ4v) is 6.59. The molecule has 8 heteroatoms. The van der Waals surface area contributed by atoms with E-state index in [-0.39, 0.29) is 12.2 Å². The van der Waals surface area contributed by atoms with Crippen LogP contribution in [0.25, 0.3) is 11.8 Å². The number of nitrogens with one attached hydrogen (secondary N) is 1. The molecule has 4 atom stereocenters. The van der Waals surface area contributed by atoms with Gasteiger partial charge in [0.25, 0.3) is 5.91 Å². The summed E-state index contributed by atoms with van der Waals surface area (Å²) < 4.78 is 57.8. The van der Waals surface area contributed by atoms with Crippen LogP contribution in [0.4, 0.5) is 17.6 Å². The third kappa shape index (κ3) is 4.06. The predicted octanol–water partition coefficient (Wildman–Crippen LogP) is 6.67. The van der Waals surface area contributed by atoms with Crippen LogP contribution in [0.5, 0.6) is 0 Å². The lowest BCUT2D eigenvalue weighted by Gasteiger charge is -2.51. The van der Waals surface area contributed by atoms with Crippen LogP contribution in [0.2, 0.25) is 0 Å². The monoisotopic (exact) mass is 521 g/mol. The van der Waals surface area contributed by atoms with Gasteiger partial charge in [-0.3, -0.25) is 4.79 Å². The zero-order valence-electron chi connectivity index (χ0n) is 20.8. The highest BCUT2D eigenvalue weighted by Crippen LogP contribution is 2.57. The maximum atomic E-state index is 14.2. The van der Waals surface area contributed by atoms with Crippen LogP contribution in [0.3, 0.4) is 0 Å². The summed E-state index contributed by atoms with van der Waals surface area (Å²) in [6.45, 7) is 2.10. The van der Waals surface area contributed by atoms with Gasteiger partial charge in [-0.2, -0.15) is 18.3 Å². The molecule has 0 bridgehead atoms. The summed E-state index contributed by atoms with van der Waals surface area (Å²) in [4.78, 5) is 13.0. The van der Waals surface area contributed by atoms with Crippen molar-refractivity contribution >= 4 is 12.0 Å². The van der Waals surface area contributed by atoms with Gasteiger partial charge in [0.05, 0.1) is 23.5 Å². The van der Waals surface area contributed by atoms with Gasteiger partial charge in [0.2, 0.25) is 0 Å². The number of hydrogen-bond acceptors (Lipinski definition) is 2. The number of halogens is 4. The number of rotatable bonds is 3. The van der Waals surface area contributed by atoms with Gasteiger partial charge in [-0.1, -0.05) is 42.3 Å². The normalized spacial score (nSPS) is 26.4. The predicted molar refractivity (Wildman–Crippen MR) is 136 cm³/mol. The first-order valence-corrected chi connectivity index (χ1v) is 12.8. The minimum Gasteiger partial charge on any atom is -0.348 e. The van der Waals surface area contributed by atoms with Crippen molar-refractivity contribution in [2.45, 2.75) is 44.8 Å². The van der Waals surface area contributed by atoms with Gasteiger partial charge < -0.3 is 5.32 Å². The lowest BCUT2D eigenvalue weighted by Crippen LogP contribution is -2.55. The van der Waals surface area contributed by atoms with Crippen LogP contribution in [0, 0.1) is 23.1 Å². The summed E-state index contributed by atoms with van der Waals surface area (Å²) in [6, 6.07) is 13.5. The van der Waals surface area contributed by atoms with Crippen LogP contribution in [-0.2, 0) is 6.42 Å². The Morgan fingerprint density at radius 3 is 2.55 bits per heavy atom. The highest BCUT2D eigenvalue weighted by atomic mass is 19.4. The third-order valence-electron chi connectivity index (χ3n) is 8.50. The zero-order valence-corrected chi connectivity index (χ0v) is 20.8. The second-order valence-electron chi connectivity index (χ2n) is 10.7. The molecule has 3 aliphatic carbocycles. The van der Waals surface area contributed by atoms with Gasteiger partial charge in [0.15, 0.2) is 0 Å². The molecule has 0 aliphatic heterocycles. The lowest BCUT2D eigenvalue weighted by atomic mass is 9.55. The number of benzene rings is 2. The molecular formula is C30H27F4N3O. The van der Waals surface area contributed by atoms with Crippen molar-refractivity contribution in [2.75, 3.05) is 0 Å². The number of alkyl halides is 3. The SMILES string of the molecule is C[C@]12Cc3cnn(-c4ccc(F)cc4)c3C=C1CCC1C2=CC[C@@H](C(F)(F)F)[C@@H]1NC(=O)c1ccccc1. The van der Waals surface area contributed by atoms with Gasteiger partial charge in [-0.25, -0.2) is 9.07 Å². The molecule has 3 aliphatic rings. The topological polar surface area (TPSA) is 46.9 Å². The van der Waals surface area contributed by atoms with Gasteiger partial charge in [-0.15, -0.1) is 0 Å². The number of fused-ring (bicyclic) bond motifs is 4. The second kappa shape index (κ2) is 8.96. The van der Waals surface area contributed by atoms with Crippen LogP contribution >= 0.6 is 0 Å². The Labute approximate surface area is 218 Å². The van der Waals surface area contributed by atoms with E-state index in [1.165, 1.54) is 12.1 Å². The van der Waals surface area contributed by atoms with Crippen molar-refractivity contribution in [1.82, 2.24) is 15.1 Å². The van der Waals surface area contributed by atoms with Crippen LogP contribution < -0.4 is 5.32 Å². The molecule has 2 aromatic carbocycles. The number of nitrogens with zero attached hydrogens (tertiary/aromatic N) is 2. The standard InChI is InChI=1S/C30H27F4N3O/c1-29-16-19-17-35-37(22-10-8-21(31)9-11-22)26(19)15-20(29)7-12-23-24(29)13-14-25(30(32,33)34)27(23)36-28(38)18-5-3-2-4-6-18/h2-6,8-11,13,15,17,23,25,27H,7,12,14,16H2,1H3,(H,36,38)/t23?,25-,27-,29+/m1/s1. The van der Waals surface area contributed by atoms with E-state index in [9.17, 15) is 22.4 Å². The van der Waals surface area contributed by atoms with Gasteiger partial charge in [0.1, 0.15) is 5.82 Å². The number of allylic oxidation sites excluding steroid dienone is 2. The Hall–Kier alpha value is -3.68. The summed E-state index contributed by atoms with van der Waals surface area (Å²) >= 11 is 0. The first kappa shape index (κ1) is 24.6. The fourth-order valence-electron chi connectivity index (χ4n) is 6.59. The van der Waals surface area contributed by atoms with Crippen molar-refractivity contribution < 1.29 is 22.4 Å². The quantitative estimate of drug-likeness (QED) is 0.309. The number of amides is 1. The first-order chi connectivity index (χ1) is 18.1. The van der Waals surface area contributed by atoms with Gasteiger partial charge in [0, 0.05) is 22.9 Å². The molecule has 6 rings (SSSR count). The molecule has 1 saturated carbocycles. The van der Waals surface area contributed by atoms with Crippen LogP contribution in [0.15, 0.2) is 78.0 Å². The van der Waals surface area contributed by atoms with Crippen molar-refractivity contribution in [3.8, 4) is 5.69 Å². The molecule has 1 fully saturated rings. The van der Waals surface area contributed by atoms with Crippen molar-refractivity contribution in [3.63, 3.8) is 0 Å². The maximum Gasteiger partial charge on any atom is 0.394 e. The smallest absolute Gasteiger partial charge is 0.348 e. The summed E-state index contributed by atoms with van der Waals surface area (Å²) in [7, 11) is 0. The van der Waals surface area contributed by atoms with E-state index in [0.717, 1.165) is 28.1 Å². The Kier molecular flexibility index (Phi) is 5.81. The van der Waals surface area contributed by atoms with E-state index in [1.54, 1.807) is 59.4 Å². The van der Waals surface area contributed by atoms with Crippen molar-refractivity contribution in [3.05, 3.63) is 101 Å². The number of carbonyl (C=O) groups excluding carboxylic acids is 1. The van der Waals surface area contributed by atoms with E-state index in [4.69, 9.17) is 0 Å². The average molecular weight is 522 g/mol. The molecular weight excluding hydrogens is 494 g/mol. The van der Waals surface area contributed by atoms with Crippen molar-refractivity contribution in [2.24, 2.45) is 17.3 Å². The van der Waals surface area contributed by atoms with Crippen molar-refractivity contribution in [1.29, 1.82) is 0 Å². The highest BCUT2D eigenvalue weighted by molar-refractivity contribution is 5.94. The Morgan fingerprint density at radius 2 is 1.84 bits per heavy atom. The van der Waals surface area contributed by atoms with Gasteiger partial charge in [-0.05, 0) is 73.7 Å². The summed E-state index contributed by atoms with van der Waals surface area (Å²) in [5.74, 6) is -2.87. The Bertz CT molecular complexity index is 1440. The minimum atomic E-state index is -4.43. The molecule has 1 unspecified atom stereocenters. The molecule has 0 saturated heterocycles. The zero-order chi connectivity index (χ0) is 26.7. The summed E-state index contributed by atoms with van der Waals surface area (Å²) in [5.41, 5.74) is 4.66. The molecule has 3 aromatic rings. The number of aromatic nitrogens is 2. The average Bonchev–Trinajstić information content (AvgIpc) is 3.29. The number of carbonyl (C=O) groups is 1. The summed E-state index contributed by atoms with van der Waals surface area (Å²) in [5, 5.41) is 7.33. The number of hydrogen-bond donors (Lipinski definition) is 1. The first-order valence-electron chi connectivity index (χ1n) is 12.8. The Balaban J connectivity index is 1.35. The van der Waals surface area contributed by atoms with E-state index in [0.29, 0.717) is 24.8 Å². The molecule has 38 heavy (non-hydrogen) atoms. The second-order valence-corrected chi connectivity index (χ2v) is 10.7. The highest BCUT2D eigenvalue weighted by Gasteiger charge is 2.54. The van der Waals surface area contributed by atoms with Gasteiger partial charge >= 0.3 is 6.18 Å². The molecule has 0 spiro atoms.